The number of ether oxygens (including phenoxy) is 3. The lowest BCUT2D eigenvalue weighted by Crippen LogP contribution is -2.25. The number of nitrogens with zero attached hydrogens (tertiary/aromatic N) is 2. The standard InChI is InChI=1S/C23H24N2O4/c1-27-20-5-6-22(28-2)18(11-20)14-25-8-9-29-23-19(15-25)10-17(12-21(23)26)16-4-3-7-24-13-16/h3-7,10-13,26H,8-9,14-15H2,1-2H3. The minimum absolute atomic E-state index is 0.155. The smallest absolute Gasteiger partial charge is 0.165 e. The highest BCUT2D eigenvalue weighted by Gasteiger charge is 2.21. The van der Waals surface area contributed by atoms with Crippen LogP contribution in [0.5, 0.6) is 23.0 Å². The van der Waals surface area contributed by atoms with Gasteiger partial charge in [0.15, 0.2) is 11.5 Å². The van der Waals surface area contributed by atoms with Gasteiger partial charge in [-0.25, -0.2) is 0 Å². The van der Waals surface area contributed by atoms with Crippen molar-refractivity contribution in [2.45, 2.75) is 13.1 Å². The van der Waals surface area contributed by atoms with Crippen molar-refractivity contribution in [1.82, 2.24) is 9.88 Å². The Morgan fingerprint density at radius 2 is 2.00 bits per heavy atom. The van der Waals surface area contributed by atoms with Gasteiger partial charge in [0.25, 0.3) is 0 Å². The molecule has 2 aromatic carbocycles. The van der Waals surface area contributed by atoms with Gasteiger partial charge in [0, 0.05) is 48.7 Å². The topological polar surface area (TPSA) is 64.1 Å². The van der Waals surface area contributed by atoms with Crippen LogP contribution >= 0.6 is 0 Å². The molecule has 0 amide bonds. The van der Waals surface area contributed by atoms with E-state index in [0.717, 1.165) is 40.3 Å². The zero-order valence-electron chi connectivity index (χ0n) is 16.6. The summed E-state index contributed by atoms with van der Waals surface area (Å²) >= 11 is 0. The number of aromatic nitrogens is 1. The molecule has 0 radical (unpaired) electrons. The lowest BCUT2D eigenvalue weighted by Gasteiger charge is -2.21. The molecule has 150 valence electrons. The lowest BCUT2D eigenvalue weighted by atomic mass is 10.0. The van der Waals surface area contributed by atoms with Gasteiger partial charge in [0.2, 0.25) is 0 Å². The average Bonchev–Trinajstić information content (AvgIpc) is 2.96. The van der Waals surface area contributed by atoms with E-state index in [4.69, 9.17) is 14.2 Å². The summed E-state index contributed by atoms with van der Waals surface area (Å²) in [4.78, 5) is 6.45. The predicted molar refractivity (Wildman–Crippen MR) is 110 cm³/mol. The monoisotopic (exact) mass is 392 g/mol. The number of benzene rings is 2. The Bertz CT molecular complexity index is 992. The number of methoxy groups -OCH3 is 2. The molecule has 6 nitrogen and oxygen atoms in total. The third-order valence-corrected chi connectivity index (χ3v) is 5.07. The van der Waals surface area contributed by atoms with Crippen molar-refractivity contribution < 1.29 is 19.3 Å². The number of fused-ring (bicyclic) bond motifs is 1. The van der Waals surface area contributed by atoms with Crippen LogP contribution in [0.2, 0.25) is 0 Å². The van der Waals surface area contributed by atoms with Crippen LogP contribution in [0.1, 0.15) is 11.1 Å². The van der Waals surface area contributed by atoms with Crippen LogP contribution in [-0.2, 0) is 13.1 Å². The summed E-state index contributed by atoms with van der Waals surface area (Å²) in [5.74, 6) is 2.33. The summed E-state index contributed by atoms with van der Waals surface area (Å²) in [6.45, 7) is 2.56. The summed E-state index contributed by atoms with van der Waals surface area (Å²) in [6, 6.07) is 13.5. The van der Waals surface area contributed by atoms with Crippen molar-refractivity contribution >= 4 is 0 Å². The molecule has 6 heteroatoms. The van der Waals surface area contributed by atoms with Crippen LogP contribution in [0.25, 0.3) is 11.1 Å². The third kappa shape index (κ3) is 4.12. The van der Waals surface area contributed by atoms with E-state index in [0.29, 0.717) is 25.4 Å². The van der Waals surface area contributed by atoms with E-state index < -0.39 is 0 Å². The van der Waals surface area contributed by atoms with E-state index in [2.05, 4.69) is 16.0 Å². The second kappa shape index (κ2) is 8.41. The summed E-state index contributed by atoms with van der Waals surface area (Å²) < 4.78 is 16.8. The minimum Gasteiger partial charge on any atom is -0.504 e. The van der Waals surface area contributed by atoms with Crippen molar-refractivity contribution in [2.75, 3.05) is 27.4 Å². The lowest BCUT2D eigenvalue weighted by molar-refractivity contribution is 0.215. The third-order valence-electron chi connectivity index (χ3n) is 5.07. The highest BCUT2D eigenvalue weighted by atomic mass is 16.5. The fourth-order valence-corrected chi connectivity index (χ4v) is 3.63. The Hall–Kier alpha value is -3.25. The number of phenolic OH excluding ortho intramolecular Hbond substituents is 1. The molecule has 1 aromatic heterocycles. The van der Waals surface area contributed by atoms with Gasteiger partial charge < -0.3 is 19.3 Å². The molecule has 2 heterocycles. The second-order valence-corrected chi connectivity index (χ2v) is 6.96. The molecular weight excluding hydrogens is 368 g/mol. The van der Waals surface area contributed by atoms with E-state index in [-0.39, 0.29) is 5.75 Å². The quantitative estimate of drug-likeness (QED) is 0.711. The number of phenols is 1. The van der Waals surface area contributed by atoms with Crippen molar-refractivity contribution in [1.29, 1.82) is 0 Å². The predicted octanol–water partition coefficient (Wildman–Crippen LogP) is 3.87. The van der Waals surface area contributed by atoms with Gasteiger partial charge in [-0.1, -0.05) is 6.07 Å². The molecule has 1 aliphatic rings. The number of hydrogen-bond acceptors (Lipinski definition) is 6. The van der Waals surface area contributed by atoms with Crippen molar-refractivity contribution in [3.05, 3.63) is 66.0 Å². The van der Waals surface area contributed by atoms with E-state index in [1.165, 1.54) is 0 Å². The molecule has 0 saturated heterocycles. The zero-order valence-corrected chi connectivity index (χ0v) is 16.6. The maximum absolute atomic E-state index is 10.5. The number of aromatic hydroxyl groups is 1. The molecule has 4 rings (SSSR count). The summed E-state index contributed by atoms with van der Waals surface area (Å²) in [7, 11) is 3.33. The molecular formula is C23H24N2O4. The molecule has 0 fully saturated rings. The van der Waals surface area contributed by atoms with Gasteiger partial charge in [0.05, 0.1) is 14.2 Å². The van der Waals surface area contributed by atoms with Crippen LogP contribution in [0.3, 0.4) is 0 Å². The van der Waals surface area contributed by atoms with Crippen LogP contribution < -0.4 is 14.2 Å². The molecule has 29 heavy (non-hydrogen) atoms. The maximum Gasteiger partial charge on any atom is 0.165 e. The van der Waals surface area contributed by atoms with Gasteiger partial charge in [-0.15, -0.1) is 0 Å². The molecule has 0 bridgehead atoms. The summed E-state index contributed by atoms with van der Waals surface area (Å²) in [6.07, 6.45) is 3.52. The second-order valence-electron chi connectivity index (χ2n) is 6.96. The normalized spacial score (nSPS) is 13.9. The number of rotatable bonds is 5. The summed E-state index contributed by atoms with van der Waals surface area (Å²) in [5, 5.41) is 10.5. The van der Waals surface area contributed by atoms with E-state index >= 15 is 0 Å². The Labute approximate surface area is 170 Å². The fourth-order valence-electron chi connectivity index (χ4n) is 3.63. The Morgan fingerprint density at radius 3 is 2.76 bits per heavy atom. The Kier molecular flexibility index (Phi) is 5.53. The summed E-state index contributed by atoms with van der Waals surface area (Å²) in [5.41, 5.74) is 3.86. The minimum atomic E-state index is 0.155. The van der Waals surface area contributed by atoms with Gasteiger partial charge >= 0.3 is 0 Å². The van der Waals surface area contributed by atoms with Gasteiger partial charge in [-0.3, -0.25) is 9.88 Å². The maximum atomic E-state index is 10.5. The molecule has 0 aliphatic carbocycles. The van der Waals surface area contributed by atoms with Crippen LogP contribution in [-0.4, -0.2) is 42.4 Å². The largest absolute Gasteiger partial charge is 0.504 e. The van der Waals surface area contributed by atoms with E-state index in [1.807, 2.05) is 30.3 Å². The van der Waals surface area contributed by atoms with Gasteiger partial charge in [-0.05, 0) is 42.0 Å². The first-order chi connectivity index (χ1) is 14.2. The molecule has 3 aromatic rings. The fraction of sp³-hybridized carbons (Fsp3) is 0.261. The SMILES string of the molecule is COc1ccc(OC)c(CN2CCOc3c(O)cc(-c4cccnc4)cc3C2)c1. The van der Waals surface area contributed by atoms with E-state index in [9.17, 15) is 5.11 Å². The number of pyridine rings is 1. The van der Waals surface area contributed by atoms with Gasteiger partial charge in [0.1, 0.15) is 18.1 Å². The van der Waals surface area contributed by atoms with Gasteiger partial charge in [-0.2, -0.15) is 0 Å². The molecule has 1 aliphatic heterocycles. The first kappa shape index (κ1) is 19.1. The molecule has 0 saturated carbocycles. The van der Waals surface area contributed by atoms with Crippen LogP contribution in [0.15, 0.2) is 54.9 Å². The van der Waals surface area contributed by atoms with Crippen LogP contribution in [0.4, 0.5) is 0 Å². The van der Waals surface area contributed by atoms with Crippen molar-refractivity contribution in [2.24, 2.45) is 0 Å². The number of hydrogen-bond donors (Lipinski definition) is 1. The van der Waals surface area contributed by atoms with E-state index in [1.54, 1.807) is 32.7 Å². The highest BCUT2D eigenvalue weighted by Crippen LogP contribution is 2.38. The zero-order chi connectivity index (χ0) is 20.2. The highest BCUT2D eigenvalue weighted by molar-refractivity contribution is 5.68. The van der Waals surface area contributed by atoms with Crippen LogP contribution in [0, 0.1) is 0 Å². The Balaban J connectivity index is 1.64. The van der Waals surface area contributed by atoms with Crippen molar-refractivity contribution in [3.63, 3.8) is 0 Å². The first-order valence-electron chi connectivity index (χ1n) is 9.50. The molecule has 0 atom stereocenters. The molecule has 1 N–H and O–H groups in total. The average molecular weight is 392 g/mol. The molecule has 0 unspecified atom stereocenters. The first-order valence-corrected chi connectivity index (χ1v) is 9.50. The molecule has 0 spiro atoms. The van der Waals surface area contributed by atoms with Crippen molar-refractivity contribution in [3.8, 4) is 34.1 Å². The Morgan fingerprint density at radius 1 is 1.10 bits per heavy atom.